The summed E-state index contributed by atoms with van der Waals surface area (Å²) in [6.07, 6.45) is 0. The van der Waals surface area contributed by atoms with Crippen LogP contribution in [-0.2, 0) is 21.1 Å². The van der Waals surface area contributed by atoms with E-state index in [0.29, 0.717) is 0 Å². The van der Waals surface area contributed by atoms with Gasteiger partial charge in [0.05, 0.1) is 40.0 Å². The molecule has 0 N–H and O–H groups in total. The van der Waals surface area contributed by atoms with E-state index in [1.165, 1.54) is 40.0 Å². The monoisotopic (exact) mass is 371 g/mol. The largest absolute Gasteiger partial charge is 0.264 e. The number of hydrogen-bond acceptors (Lipinski definition) is 4. The first-order valence-corrected chi connectivity index (χ1v) is 3.79. The summed E-state index contributed by atoms with van der Waals surface area (Å²) < 4.78 is 0. The van der Waals surface area contributed by atoms with E-state index in [-0.39, 0.29) is 33.5 Å². The smallest absolute Gasteiger partial charge is 0.0555 e. The summed E-state index contributed by atoms with van der Waals surface area (Å²) >= 11 is 0. The van der Waals surface area contributed by atoms with Crippen molar-refractivity contribution in [3.05, 3.63) is 0 Å². The van der Waals surface area contributed by atoms with E-state index < -0.39 is 0 Å². The van der Waals surface area contributed by atoms with Crippen molar-refractivity contribution in [2.75, 3.05) is 40.0 Å². The average Bonchev–Trinajstić information content (AvgIpc) is 1.82. The molecule has 4 aliphatic rings. The Labute approximate surface area is 93.1 Å². The van der Waals surface area contributed by atoms with Gasteiger partial charge in [-0.1, -0.05) is 0 Å². The van der Waals surface area contributed by atoms with Gasteiger partial charge in [0.15, 0.2) is 0 Å². The maximum Gasteiger partial charge on any atom is 0.0555 e. The van der Waals surface area contributed by atoms with Crippen LogP contribution >= 0.6 is 12.4 Å². The van der Waals surface area contributed by atoms with Gasteiger partial charge in [0.25, 0.3) is 0 Å². The van der Waals surface area contributed by atoms with E-state index in [4.69, 9.17) is 0 Å². The summed E-state index contributed by atoms with van der Waals surface area (Å²) in [6.45, 7) is 7.12. The van der Waals surface area contributed by atoms with Crippen molar-refractivity contribution in [2.24, 2.45) is 0 Å². The van der Waals surface area contributed by atoms with Crippen molar-refractivity contribution in [3.8, 4) is 0 Å². The number of halogens is 1. The quantitative estimate of drug-likeness (QED) is 0.564. The van der Waals surface area contributed by atoms with Crippen LogP contribution in [0.3, 0.4) is 0 Å². The Morgan fingerprint density at radius 1 is 0.500 bits per heavy atom. The second-order valence-corrected chi connectivity index (χ2v) is 3.53. The predicted molar refractivity (Wildman–Crippen MR) is 43.8 cm³/mol. The molecule has 4 bridgehead atoms. The minimum Gasteiger partial charge on any atom is -0.264 e. The first-order chi connectivity index (χ1) is 4.90. The molecule has 0 aromatic rings. The third-order valence-electron chi connectivity index (χ3n) is 2.40. The molecule has 12 heavy (non-hydrogen) atoms. The molecule has 4 aliphatic heterocycles. The molecule has 0 amide bonds. The zero-order chi connectivity index (χ0) is 6.55. The van der Waals surface area contributed by atoms with Crippen LogP contribution in [0.4, 0.5) is 0 Å². The number of nitrogens with zero attached hydrogens (tertiary/aromatic N) is 4. The summed E-state index contributed by atoms with van der Waals surface area (Å²) in [5, 5.41) is 0. The molecule has 0 aliphatic carbocycles. The summed E-state index contributed by atoms with van der Waals surface area (Å²) in [5.41, 5.74) is 0. The fraction of sp³-hybridized carbons (Fsp3) is 1.00. The van der Waals surface area contributed by atoms with Crippen LogP contribution in [0.25, 0.3) is 0 Å². The zero-order valence-electron chi connectivity index (χ0n) is 6.76. The van der Waals surface area contributed by atoms with Crippen LogP contribution in [0, 0.1) is 0 Å². The zero-order valence-corrected chi connectivity index (χ0v) is 9.84. The molecule has 4 heterocycles. The Morgan fingerprint density at radius 3 is 0.833 bits per heavy atom. The Kier molecular flexibility index (Phi) is 3.55. The second-order valence-electron chi connectivity index (χ2n) is 3.53. The molecule has 0 aromatic heterocycles. The summed E-state index contributed by atoms with van der Waals surface area (Å²) in [4.78, 5) is 9.88. The number of rotatable bonds is 0. The van der Waals surface area contributed by atoms with Crippen molar-refractivity contribution in [1.29, 1.82) is 0 Å². The van der Waals surface area contributed by atoms with E-state index in [2.05, 4.69) is 19.6 Å². The van der Waals surface area contributed by atoms with E-state index in [0.717, 1.165) is 0 Å². The maximum absolute atomic E-state index is 2.47. The molecule has 4 nitrogen and oxygen atoms in total. The molecular weight excluding hydrogens is 359 g/mol. The van der Waals surface area contributed by atoms with E-state index in [9.17, 15) is 0 Å². The van der Waals surface area contributed by atoms with E-state index in [1.54, 1.807) is 0 Å². The van der Waals surface area contributed by atoms with Crippen LogP contribution in [0.2, 0.25) is 0 Å². The fourth-order valence-corrected chi connectivity index (χ4v) is 2.23. The minimum atomic E-state index is 0. The standard InChI is InChI=1S/C6H12N4.ClH.Pt/c1-7-2-9-4-8(1)5-10(3-7)6-9;;/h1-6H2;1H;. The molecule has 0 unspecified atom stereocenters. The first-order valence-electron chi connectivity index (χ1n) is 3.79. The summed E-state index contributed by atoms with van der Waals surface area (Å²) in [6, 6.07) is 0. The number of hydrogen-bond donors (Lipinski definition) is 0. The molecule has 0 radical (unpaired) electrons. The molecule has 4 saturated heterocycles. The SMILES string of the molecule is C1N2CN3CN1CN(C2)C3.Cl.[Pt]. The Balaban J connectivity index is 0.000000360. The third kappa shape index (κ3) is 1.69. The van der Waals surface area contributed by atoms with Gasteiger partial charge in [0.1, 0.15) is 0 Å². The van der Waals surface area contributed by atoms with Gasteiger partial charge in [-0.3, -0.25) is 19.6 Å². The van der Waals surface area contributed by atoms with Crippen molar-refractivity contribution in [3.63, 3.8) is 0 Å². The molecule has 0 aromatic carbocycles. The third-order valence-corrected chi connectivity index (χ3v) is 2.40. The van der Waals surface area contributed by atoms with Gasteiger partial charge in [0.2, 0.25) is 0 Å². The topological polar surface area (TPSA) is 13.0 Å². The van der Waals surface area contributed by atoms with Crippen LogP contribution in [0.15, 0.2) is 0 Å². The van der Waals surface area contributed by atoms with Crippen molar-refractivity contribution >= 4 is 12.4 Å². The van der Waals surface area contributed by atoms with Gasteiger partial charge in [-0.05, 0) is 0 Å². The predicted octanol–water partition coefficient (Wildman–Crippen LogP) is -0.601. The molecule has 6 heteroatoms. The van der Waals surface area contributed by atoms with Gasteiger partial charge in [0, 0.05) is 21.1 Å². The molecule has 0 atom stereocenters. The van der Waals surface area contributed by atoms with Crippen molar-refractivity contribution in [1.82, 2.24) is 19.6 Å². The Hall–Kier alpha value is 0.818. The van der Waals surface area contributed by atoms with Crippen LogP contribution in [-0.4, -0.2) is 59.6 Å². The maximum atomic E-state index is 2.47. The average molecular weight is 372 g/mol. The van der Waals surface area contributed by atoms with Gasteiger partial charge in [-0.15, -0.1) is 12.4 Å². The fourth-order valence-electron chi connectivity index (χ4n) is 2.23. The molecule has 4 rings (SSSR count). The van der Waals surface area contributed by atoms with E-state index in [1.807, 2.05) is 0 Å². The molecule has 0 saturated carbocycles. The van der Waals surface area contributed by atoms with Crippen molar-refractivity contribution < 1.29 is 21.1 Å². The molecule has 0 spiro atoms. The molecule has 4 fully saturated rings. The van der Waals surface area contributed by atoms with Crippen LogP contribution in [0.5, 0.6) is 0 Å². The molecule has 74 valence electrons. The Bertz CT molecular complexity index is 111. The minimum absolute atomic E-state index is 0. The summed E-state index contributed by atoms with van der Waals surface area (Å²) in [7, 11) is 0. The second kappa shape index (κ2) is 3.91. The van der Waals surface area contributed by atoms with Gasteiger partial charge >= 0.3 is 0 Å². The van der Waals surface area contributed by atoms with E-state index >= 15 is 0 Å². The molecular formula is C6H13ClN4Pt. The summed E-state index contributed by atoms with van der Waals surface area (Å²) in [5.74, 6) is 0. The van der Waals surface area contributed by atoms with Crippen LogP contribution < -0.4 is 0 Å². The van der Waals surface area contributed by atoms with Crippen LogP contribution in [0.1, 0.15) is 0 Å². The van der Waals surface area contributed by atoms with Crippen molar-refractivity contribution in [2.45, 2.75) is 0 Å². The normalized spacial score (nSPS) is 48.0. The van der Waals surface area contributed by atoms with Gasteiger partial charge in [-0.2, -0.15) is 0 Å². The first kappa shape index (κ1) is 10.9. The van der Waals surface area contributed by atoms with Gasteiger partial charge < -0.3 is 0 Å². The van der Waals surface area contributed by atoms with Gasteiger partial charge in [-0.25, -0.2) is 0 Å². The Morgan fingerprint density at radius 2 is 0.667 bits per heavy atom.